The summed E-state index contributed by atoms with van der Waals surface area (Å²) < 4.78 is 5.57. The number of H-pyrrole nitrogens is 1. The van der Waals surface area contributed by atoms with Gasteiger partial charge in [0.2, 0.25) is 0 Å². The predicted molar refractivity (Wildman–Crippen MR) is 105 cm³/mol. The first-order valence-electron chi connectivity index (χ1n) is 9.64. The number of rotatable bonds is 3. The van der Waals surface area contributed by atoms with Crippen LogP contribution in [-0.2, 0) is 17.8 Å². The van der Waals surface area contributed by atoms with Crippen LogP contribution in [0, 0.1) is 0 Å². The van der Waals surface area contributed by atoms with Gasteiger partial charge in [0.25, 0.3) is 0 Å². The number of likely N-dealkylation sites (tertiary alicyclic amines) is 1. The molecule has 4 rings (SSSR count). The number of hydrogen-bond donors (Lipinski definition) is 3. The zero-order valence-electron chi connectivity index (χ0n) is 15.9. The number of nitrogens with zero attached hydrogens (tertiary/aromatic N) is 2. The van der Waals surface area contributed by atoms with Gasteiger partial charge >= 0.3 is 6.03 Å². The monoisotopic (exact) mass is 369 g/mol. The van der Waals surface area contributed by atoms with Gasteiger partial charge in [-0.3, -0.25) is 5.10 Å². The number of likely N-dealkylation sites (N-methyl/N-ethyl adjacent to an activating group) is 1. The highest BCUT2D eigenvalue weighted by molar-refractivity contribution is 5.90. The van der Waals surface area contributed by atoms with E-state index >= 15 is 0 Å². The van der Waals surface area contributed by atoms with Crippen LogP contribution in [0.2, 0.25) is 0 Å². The first-order chi connectivity index (χ1) is 13.1. The van der Waals surface area contributed by atoms with Crippen LogP contribution < -0.4 is 10.6 Å². The third kappa shape index (κ3) is 3.84. The highest BCUT2D eigenvalue weighted by Crippen LogP contribution is 2.29. The van der Waals surface area contributed by atoms with E-state index in [0.717, 1.165) is 60.6 Å². The summed E-state index contributed by atoms with van der Waals surface area (Å²) in [5, 5.41) is 13.7. The minimum absolute atomic E-state index is 0.160. The molecule has 7 nitrogen and oxygen atoms in total. The van der Waals surface area contributed by atoms with Crippen molar-refractivity contribution in [2.75, 3.05) is 25.5 Å². The molecule has 2 amide bonds. The molecule has 1 saturated heterocycles. The topological polar surface area (TPSA) is 82.3 Å². The van der Waals surface area contributed by atoms with Crippen molar-refractivity contribution in [1.29, 1.82) is 0 Å². The van der Waals surface area contributed by atoms with Crippen LogP contribution in [0.15, 0.2) is 24.3 Å². The van der Waals surface area contributed by atoms with E-state index < -0.39 is 0 Å². The third-order valence-electron chi connectivity index (χ3n) is 5.71. The average Bonchev–Trinajstić information content (AvgIpc) is 3.10. The molecule has 0 saturated carbocycles. The Morgan fingerprint density at radius 1 is 1.41 bits per heavy atom. The summed E-state index contributed by atoms with van der Waals surface area (Å²) in [5.41, 5.74) is 4.89. The normalized spacial score (nSPS) is 22.9. The molecule has 27 heavy (non-hydrogen) atoms. The number of fused-ring (bicyclic) bond motifs is 1. The lowest BCUT2D eigenvalue weighted by molar-refractivity contribution is 0.110. The van der Waals surface area contributed by atoms with Crippen molar-refractivity contribution >= 4 is 11.7 Å². The Morgan fingerprint density at radius 2 is 2.30 bits per heavy atom. The Morgan fingerprint density at radius 3 is 3.19 bits per heavy atom. The maximum atomic E-state index is 12.5. The number of carbonyl (C=O) groups excluding carboxylic acids is 1. The number of aromatic amines is 1. The molecular weight excluding hydrogens is 342 g/mol. The van der Waals surface area contributed by atoms with Crippen molar-refractivity contribution in [2.45, 2.75) is 44.9 Å². The largest absolute Gasteiger partial charge is 0.376 e. The summed E-state index contributed by atoms with van der Waals surface area (Å²) in [5.74, 6) is 0. The molecule has 2 aromatic rings. The Balaban J connectivity index is 1.45. The summed E-state index contributed by atoms with van der Waals surface area (Å²) in [6, 6.07) is 8.15. The quantitative estimate of drug-likeness (QED) is 0.777. The zero-order valence-corrected chi connectivity index (χ0v) is 15.9. The van der Waals surface area contributed by atoms with Crippen LogP contribution in [0.3, 0.4) is 0 Å². The van der Waals surface area contributed by atoms with Gasteiger partial charge in [0, 0.05) is 41.0 Å². The number of amides is 2. The maximum absolute atomic E-state index is 12.5. The molecule has 0 radical (unpaired) electrons. The SMILES string of the molecule is CC1C(NC(=O)Nc2cccc(-c3n[nH]c4c3COCC4)c2)CCCN1C. The van der Waals surface area contributed by atoms with Gasteiger partial charge in [0.15, 0.2) is 0 Å². The lowest BCUT2D eigenvalue weighted by atomic mass is 9.98. The second-order valence-corrected chi connectivity index (χ2v) is 7.48. The number of urea groups is 1. The fourth-order valence-electron chi connectivity index (χ4n) is 3.94. The molecule has 2 aliphatic heterocycles. The van der Waals surface area contributed by atoms with E-state index in [9.17, 15) is 4.79 Å². The predicted octanol–water partition coefficient (Wildman–Crippen LogP) is 2.75. The molecule has 2 unspecified atom stereocenters. The number of ether oxygens (including phenoxy) is 1. The highest BCUT2D eigenvalue weighted by Gasteiger charge is 2.26. The number of anilines is 1. The molecule has 2 atom stereocenters. The Hall–Kier alpha value is -2.38. The Labute approximate surface area is 159 Å². The van der Waals surface area contributed by atoms with E-state index in [2.05, 4.69) is 39.7 Å². The smallest absolute Gasteiger partial charge is 0.319 e. The van der Waals surface area contributed by atoms with Gasteiger partial charge in [-0.2, -0.15) is 5.10 Å². The molecule has 1 aromatic carbocycles. The molecule has 144 valence electrons. The summed E-state index contributed by atoms with van der Waals surface area (Å²) in [6.07, 6.45) is 2.97. The van der Waals surface area contributed by atoms with E-state index in [1.54, 1.807) is 0 Å². The number of aromatic nitrogens is 2. The second kappa shape index (κ2) is 7.70. The van der Waals surface area contributed by atoms with Crippen molar-refractivity contribution in [3.63, 3.8) is 0 Å². The van der Waals surface area contributed by atoms with Gasteiger partial charge in [-0.1, -0.05) is 12.1 Å². The summed E-state index contributed by atoms with van der Waals surface area (Å²) in [4.78, 5) is 14.8. The summed E-state index contributed by atoms with van der Waals surface area (Å²) >= 11 is 0. The molecule has 2 aliphatic rings. The van der Waals surface area contributed by atoms with Crippen molar-refractivity contribution in [3.05, 3.63) is 35.5 Å². The van der Waals surface area contributed by atoms with Crippen molar-refractivity contribution in [3.8, 4) is 11.3 Å². The van der Waals surface area contributed by atoms with Crippen LogP contribution >= 0.6 is 0 Å². The molecule has 0 spiro atoms. The van der Waals surface area contributed by atoms with Gasteiger partial charge in [0.1, 0.15) is 0 Å². The first-order valence-corrected chi connectivity index (χ1v) is 9.64. The van der Waals surface area contributed by atoms with E-state index in [1.807, 2.05) is 24.3 Å². The lowest BCUT2D eigenvalue weighted by Gasteiger charge is -2.37. The molecule has 3 N–H and O–H groups in total. The fourth-order valence-corrected chi connectivity index (χ4v) is 3.94. The number of carbonyl (C=O) groups is 1. The van der Waals surface area contributed by atoms with Gasteiger partial charge < -0.3 is 20.3 Å². The van der Waals surface area contributed by atoms with Crippen LogP contribution in [-0.4, -0.2) is 53.4 Å². The van der Waals surface area contributed by atoms with Crippen LogP contribution in [0.4, 0.5) is 10.5 Å². The average molecular weight is 369 g/mol. The number of hydrogen-bond acceptors (Lipinski definition) is 4. The minimum Gasteiger partial charge on any atom is -0.376 e. The van der Waals surface area contributed by atoms with Crippen molar-refractivity contribution < 1.29 is 9.53 Å². The number of piperidine rings is 1. The van der Waals surface area contributed by atoms with E-state index in [1.165, 1.54) is 0 Å². The standard InChI is InChI=1S/C20H27N5O2/c1-13-17(7-4-9-25(13)2)22-20(26)21-15-6-3-5-14(11-15)19-16-12-27-10-8-18(16)23-24-19/h3,5-6,11,13,17H,4,7-10,12H2,1-2H3,(H,23,24)(H2,21,22,26). The van der Waals surface area contributed by atoms with Gasteiger partial charge in [-0.05, 0) is 45.5 Å². The third-order valence-corrected chi connectivity index (χ3v) is 5.71. The van der Waals surface area contributed by atoms with Crippen molar-refractivity contribution in [1.82, 2.24) is 20.4 Å². The molecule has 1 aromatic heterocycles. The van der Waals surface area contributed by atoms with Crippen molar-refractivity contribution in [2.24, 2.45) is 0 Å². The highest BCUT2D eigenvalue weighted by atomic mass is 16.5. The number of benzene rings is 1. The molecule has 1 fully saturated rings. The summed E-state index contributed by atoms with van der Waals surface area (Å²) in [6.45, 7) is 4.55. The van der Waals surface area contributed by atoms with Gasteiger partial charge in [-0.25, -0.2) is 4.79 Å². The molecular formula is C20H27N5O2. The number of nitrogens with one attached hydrogen (secondary N) is 3. The molecule has 3 heterocycles. The first kappa shape index (κ1) is 18.0. The van der Waals surface area contributed by atoms with Gasteiger partial charge in [-0.15, -0.1) is 0 Å². The van der Waals surface area contributed by atoms with Crippen LogP contribution in [0.25, 0.3) is 11.3 Å². The van der Waals surface area contributed by atoms with E-state index in [4.69, 9.17) is 4.74 Å². The molecule has 0 aliphatic carbocycles. The lowest BCUT2D eigenvalue weighted by Crippen LogP contribution is -2.53. The fraction of sp³-hybridized carbons (Fsp3) is 0.500. The van der Waals surface area contributed by atoms with Gasteiger partial charge in [0.05, 0.1) is 18.9 Å². The maximum Gasteiger partial charge on any atom is 0.319 e. The Bertz CT molecular complexity index is 818. The zero-order chi connectivity index (χ0) is 18.8. The second-order valence-electron chi connectivity index (χ2n) is 7.48. The molecule has 7 heteroatoms. The van der Waals surface area contributed by atoms with E-state index in [0.29, 0.717) is 12.6 Å². The molecule has 0 bridgehead atoms. The van der Waals surface area contributed by atoms with Crippen LogP contribution in [0.5, 0.6) is 0 Å². The Kier molecular flexibility index (Phi) is 5.13. The summed E-state index contributed by atoms with van der Waals surface area (Å²) in [7, 11) is 2.11. The van der Waals surface area contributed by atoms with E-state index in [-0.39, 0.29) is 12.1 Å². The van der Waals surface area contributed by atoms with Crippen LogP contribution in [0.1, 0.15) is 31.0 Å². The minimum atomic E-state index is -0.160.